The highest BCUT2D eigenvalue weighted by atomic mass is 32.1. The fraction of sp³-hybridized carbons (Fsp3) is 0.333. The molecule has 0 spiro atoms. The summed E-state index contributed by atoms with van der Waals surface area (Å²) in [7, 11) is 0. The van der Waals surface area contributed by atoms with Crippen molar-refractivity contribution in [2.75, 3.05) is 6.54 Å². The Morgan fingerprint density at radius 3 is 2.54 bits per heavy atom. The summed E-state index contributed by atoms with van der Waals surface area (Å²) in [5.74, 6) is -0.353. The summed E-state index contributed by atoms with van der Waals surface area (Å²) in [5, 5.41) is 10.5. The quantitative estimate of drug-likeness (QED) is 0.796. The maximum Gasteiger partial charge on any atom is 0.437 e. The number of rotatable bonds is 6. The predicted octanol–water partition coefficient (Wildman–Crippen LogP) is 4.04. The summed E-state index contributed by atoms with van der Waals surface area (Å²) in [5.41, 5.74) is -0.457. The Bertz CT molecular complexity index is 752. The molecule has 5 nitrogen and oxygen atoms in total. The van der Waals surface area contributed by atoms with Crippen LogP contribution >= 0.6 is 11.5 Å². The third kappa shape index (κ3) is 3.30. The van der Waals surface area contributed by atoms with Crippen LogP contribution in [0.1, 0.15) is 23.2 Å². The molecule has 0 unspecified atom stereocenters. The van der Waals surface area contributed by atoms with Crippen LogP contribution in [0, 0.1) is 0 Å². The van der Waals surface area contributed by atoms with Crippen LogP contribution in [-0.2, 0) is 0 Å². The normalized spacial score (nSPS) is 15.3. The lowest BCUT2D eigenvalue weighted by molar-refractivity contribution is -0.165. The maximum absolute atomic E-state index is 12.7. The van der Waals surface area contributed by atoms with Crippen LogP contribution in [0.4, 0.5) is 13.2 Å². The standard InChI is InChI=1S/C15H13F3N4OS/c16-15(17,18)14(21-22-14)7-4-8-19-13(23)11-9-24-20-12(11)10-5-2-1-3-6-10/h1-3,5-6,9H,4,7-8H2,(H,19,23). The zero-order chi connectivity index (χ0) is 17.2. The largest absolute Gasteiger partial charge is 0.437 e. The second kappa shape index (κ2) is 6.31. The van der Waals surface area contributed by atoms with Crippen molar-refractivity contribution in [1.82, 2.24) is 9.69 Å². The van der Waals surface area contributed by atoms with Crippen molar-refractivity contribution in [2.24, 2.45) is 10.2 Å². The molecule has 0 saturated carbocycles. The van der Waals surface area contributed by atoms with Crippen molar-refractivity contribution in [2.45, 2.75) is 24.7 Å². The van der Waals surface area contributed by atoms with E-state index < -0.39 is 11.8 Å². The minimum atomic E-state index is -4.46. The predicted molar refractivity (Wildman–Crippen MR) is 82.8 cm³/mol. The highest BCUT2D eigenvalue weighted by Crippen LogP contribution is 2.47. The Kier molecular flexibility index (Phi) is 4.35. The molecule has 2 heterocycles. The van der Waals surface area contributed by atoms with E-state index in [9.17, 15) is 18.0 Å². The zero-order valence-corrected chi connectivity index (χ0v) is 13.2. The number of hydrogen-bond donors (Lipinski definition) is 1. The number of carbonyl (C=O) groups excluding carboxylic acids is 1. The second-order valence-corrected chi connectivity index (χ2v) is 5.95. The number of alkyl halides is 3. The first kappa shape index (κ1) is 16.6. The van der Waals surface area contributed by atoms with Gasteiger partial charge in [0.2, 0.25) is 0 Å². The Hall–Kier alpha value is -2.29. The number of aromatic nitrogens is 1. The first-order valence-corrected chi connectivity index (χ1v) is 8.05. The SMILES string of the molecule is O=C(NCCCC1(C(F)(F)F)N=N1)c1csnc1-c1ccccc1. The van der Waals surface area contributed by atoms with Crippen molar-refractivity contribution >= 4 is 17.4 Å². The van der Waals surface area contributed by atoms with Gasteiger partial charge in [-0.2, -0.15) is 17.5 Å². The van der Waals surface area contributed by atoms with Gasteiger partial charge in [0.1, 0.15) is 0 Å². The van der Waals surface area contributed by atoms with Gasteiger partial charge < -0.3 is 5.32 Å². The van der Waals surface area contributed by atoms with Gasteiger partial charge in [0, 0.05) is 23.9 Å². The molecule has 1 N–H and O–H groups in total. The molecule has 1 aliphatic rings. The summed E-state index contributed by atoms with van der Waals surface area (Å²) >= 11 is 1.16. The van der Waals surface area contributed by atoms with E-state index in [-0.39, 0.29) is 25.3 Å². The molecule has 1 aromatic carbocycles. The number of carbonyl (C=O) groups is 1. The van der Waals surface area contributed by atoms with Gasteiger partial charge in [-0.15, -0.1) is 10.2 Å². The average molecular weight is 354 g/mol. The summed E-state index contributed by atoms with van der Waals surface area (Å²) in [4.78, 5) is 12.2. The molecule has 1 amide bonds. The molecular formula is C15H13F3N4OS. The van der Waals surface area contributed by atoms with Crippen LogP contribution in [0.25, 0.3) is 11.3 Å². The third-order valence-electron chi connectivity index (χ3n) is 3.64. The minimum Gasteiger partial charge on any atom is -0.352 e. The molecule has 9 heteroatoms. The summed E-state index contributed by atoms with van der Waals surface area (Å²) < 4.78 is 42.2. The number of nitrogens with one attached hydrogen (secondary N) is 1. The van der Waals surface area contributed by atoms with E-state index in [1.165, 1.54) is 0 Å². The molecule has 24 heavy (non-hydrogen) atoms. The van der Waals surface area contributed by atoms with Crippen molar-refractivity contribution in [1.29, 1.82) is 0 Å². The van der Waals surface area contributed by atoms with Crippen molar-refractivity contribution in [3.05, 3.63) is 41.3 Å². The Labute approximate surface area is 139 Å². The van der Waals surface area contributed by atoms with Crippen LogP contribution in [0.15, 0.2) is 45.9 Å². The maximum atomic E-state index is 12.7. The van der Waals surface area contributed by atoms with Gasteiger partial charge in [-0.1, -0.05) is 30.3 Å². The van der Waals surface area contributed by atoms with Gasteiger partial charge in [0.25, 0.3) is 11.6 Å². The topological polar surface area (TPSA) is 66.7 Å². The molecule has 126 valence electrons. The Morgan fingerprint density at radius 2 is 1.92 bits per heavy atom. The summed E-state index contributed by atoms with van der Waals surface area (Å²) in [6.07, 6.45) is -4.59. The van der Waals surface area contributed by atoms with Crippen LogP contribution in [0.3, 0.4) is 0 Å². The fourth-order valence-corrected chi connectivity index (χ4v) is 2.94. The Morgan fingerprint density at radius 1 is 1.21 bits per heavy atom. The first-order valence-electron chi connectivity index (χ1n) is 7.22. The number of amides is 1. The van der Waals surface area contributed by atoms with Gasteiger partial charge in [0.15, 0.2) is 0 Å². The van der Waals surface area contributed by atoms with Crippen molar-refractivity contribution in [3.8, 4) is 11.3 Å². The van der Waals surface area contributed by atoms with Crippen LogP contribution in [-0.4, -0.2) is 28.7 Å². The lowest BCUT2D eigenvalue weighted by Gasteiger charge is -2.14. The van der Waals surface area contributed by atoms with Gasteiger partial charge >= 0.3 is 6.18 Å². The second-order valence-electron chi connectivity index (χ2n) is 5.32. The van der Waals surface area contributed by atoms with Gasteiger partial charge in [-0.3, -0.25) is 4.79 Å². The highest BCUT2D eigenvalue weighted by Gasteiger charge is 2.63. The molecule has 3 rings (SSSR count). The van der Waals surface area contributed by atoms with E-state index in [1.807, 2.05) is 30.3 Å². The molecule has 2 aromatic rings. The molecule has 1 aromatic heterocycles. The van der Waals surface area contributed by atoms with Crippen LogP contribution in [0.2, 0.25) is 0 Å². The monoisotopic (exact) mass is 354 g/mol. The van der Waals surface area contributed by atoms with Crippen LogP contribution < -0.4 is 5.32 Å². The molecule has 0 aliphatic carbocycles. The number of benzene rings is 1. The number of nitrogens with zero attached hydrogens (tertiary/aromatic N) is 3. The molecule has 0 bridgehead atoms. The lowest BCUT2D eigenvalue weighted by Crippen LogP contribution is -2.34. The van der Waals surface area contributed by atoms with Crippen molar-refractivity contribution < 1.29 is 18.0 Å². The average Bonchev–Trinajstić information content (AvgIpc) is 3.20. The third-order valence-corrected chi connectivity index (χ3v) is 4.27. The van der Waals surface area contributed by atoms with Gasteiger partial charge in [0.05, 0.1) is 11.3 Å². The molecule has 0 fully saturated rings. The minimum absolute atomic E-state index is 0.117. The molecular weight excluding hydrogens is 341 g/mol. The van der Waals surface area contributed by atoms with Crippen LogP contribution in [0.5, 0.6) is 0 Å². The van der Waals surface area contributed by atoms with E-state index >= 15 is 0 Å². The highest BCUT2D eigenvalue weighted by molar-refractivity contribution is 7.04. The number of halogens is 3. The summed E-state index contributed by atoms with van der Waals surface area (Å²) in [6.45, 7) is 0.117. The lowest BCUT2D eigenvalue weighted by atomic mass is 10.1. The fourth-order valence-electron chi connectivity index (χ4n) is 2.25. The van der Waals surface area contributed by atoms with E-state index in [2.05, 4.69) is 19.9 Å². The van der Waals surface area contributed by atoms with Gasteiger partial charge in [-0.25, -0.2) is 0 Å². The Balaban J connectivity index is 1.55. The van der Waals surface area contributed by atoms with E-state index in [0.29, 0.717) is 11.3 Å². The van der Waals surface area contributed by atoms with Crippen molar-refractivity contribution in [3.63, 3.8) is 0 Å². The molecule has 0 atom stereocenters. The van der Waals surface area contributed by atoms with E-state index in [0.717, 1.165) is 17.1 Å². The molecule has 0 saturated heterocycles. The van der Waals surface area contributed by atoms with Gasteiger partial charge in [-0.05, 0) is 18.0 Å². The zero-order valence-electron chi connectivity index (χ0n) is 12.4. The first-order chi connectivity index (χ1) is 11.4. The molecule has 0 radical (unpaired) electrons. The smallest absolute Gasteiger partial charge is 0.352 e. The molecule has 1 aliphatic heterocycles. The summed E-state index contributed by atoms with van der Waals surface area (Å²) in [6, 6.07) is 9.23. The van der Waals surface area contributed by atoms with E-state index in [4.69, 9.17) is 0 Å². The van der Waals surface area contributed by atoms with E-state index in [1.54, 1.807) is 5.38 Å². The number of hydrogen-bond acceptors (Lipinski definition) is 5.